The third kappa shape index (κ3) is 1.47. The Hall–Kier alpha value is -1.45. The first kappa shape index (κ1) is 9.12. The van der Waals surface area contributed by atoms with Crippen molar-refractivity contribution in [2.24, 2.45) is 0 Å². The van der Waals surface area contributed by atoms with Gasteiger partial charge in [0, 0.05) is 17.8 Å². The van der Waals surface area contributed by atoms with E-state index in [-0.39, 0.29) is 13.2 Å². The molecule has 1 aromatic carbocycles. The fourth-order valence-electron chi connectivity index (χ4n) is 1.52. The molecule has 2 N–H and O–H groups in total. The van der Waals surface area contributed by atoms with Crippen LogP contribution in [0.5, 0.6) is 0 Å². The summed E-state index contributed by atoms with van der Waals surface area (Å²) in [6, 6.07) is 5.62. The van der Waals surface area contributed by atoms with Crippen molar-refractivity contribution < 1.29 is 10.2 Å². The van der Waals surface area contributed by atoms with Gasteiger partial charge in [-0.3, -0.25) is 4.98 Å². The third-order valence-electron chi connectivity index (χ3n) is 2.30. The zero-order chi connectivity index (χ0) is 9.97. The van der Waals surface area contributed by atoms with E-state index in [1.807, 2.05) is 18.2 Å². The Bertz CT molecular complexity index is 411. The average molecular weight is 189 g/mol. The Labute approximate surface area is 81.7 Å². The maximum atomic E-state index is 9.08. The van der Waals surface area contributed by atoms with Gasteiger partial charge in [-0.2, -0.15) is 0 Å². The van der Waals surface area contributed by atoms with Crippen LogP contribution in [0.4, 0.5) is 0 Å². The number of hydrogen-bond acceptors (Lipinski definition) is 3. The van der Waals surface area contributed by atoms with E-state index < -0.39 is 0 Å². The van der Waals surface area contributed by atoms with E-state index in [2.05, 4.69) is 4.98 Å². The summed E-state index contributed by atoms with van der Waals surface area (Å²) in [5.74, 6) is 0. The summed E-state index contributed by atoms with van der Waals surface area (Å²) in [6.07, 6.45) is 3.46. The Morgan fingerprint density at radius 3 is 2.29 bits per heavy atom. The van der Waals surface area contributed by atoms with Crippen LogP contribution in [-0.4, -0.2) is 15.2 Å². The molecule has 0 fully saturated rings. The molecule has 14 heavy (non-hydrogen) atoms. The van der Waals surface area contributed by atoms with E-state index in [0.717, 1.165) is 21.9 Å². The highest BCUT2D eigenvalue weighted by atomic mass is 16.3. The van der Waals surface area contributed by atoms with Crippen molar-refractivity contribution in [3.8, 4) is 0 Å². The number of aromatic nitrogens is 1. The minimum atomic E-state index is -0.0548. The lowest BCUT2D eigenvalue weighted by Crippen LogP contribution is -1.94. The molecule has 0 radical (unpaired) electrons. The molecule has 0 aliphatic rings. The molecule has 0 saturated carbocycles. The van der Waals surface area contributed by atoms with E-state index >= 15 is 0 Å². The second kappa shape index (κ2) is 3.74. The molecule has 0 aliphatic heterocycles. The van der Waals surface area contributed by atoms with Crippen molar-refractivity contribution >= 4 is 10.8 Å². The first-order valence-corrected chi connectivity index (χ1v) is 4.42. The first-order valence-electron chi connectivity index (χ1n) is 4.42. The van der Waals surface area contributed by atoms with Crippen molar-refractivity contribution in [3.63, 3.8) is 0 Å². The Morgan fingerprint density at radius 2 is 1.64 bits per heavy atom. The number of nitrogens with zero attached hydrogens (tertiary/aromatic N) is 1. The summed E-state index contributed by atoms with van der Waals surface area (Å²) in [7, 11) is 0. The number of pyridine rings is 1. The van der Waals surface area contributed by atoms with Gasteiger partial charge in [-0.1, -0.05) is 0 Å². The van der Waals surface area contributed by atoms with E-state index in [4.69, 9.17) is 10.2 Å². The topological polar surface area (TPSA) is 53.4 Å². The molecular weight excluding hydrogens is 178 g/mol. The number of hydrogen-bond donors (Lipinski definition) is 2. The number of aliphatic hydroxyl groups excluding tert-OH is 2. The summed E-state index contributed by atoms with van der Waals surface area (Å²) in [5, 5.41) is 20.2. The molecule has 3 nitrogen and oxygen atoms in total. The molecule has 0 aliphatic carbocycles. The molecule has 0 spiro atoms. The summed E-state index contributed by atoms with van der Waals surface area (Å²) >= 11 is 0. The van der Waals surface area contributed by atoms with Gasteiger partial charge in [-0.05, 0) is 34.7 Å². The van der Waals surface area contributed by atoms with Crippen molar-refractivity contribution in [2.45, 2.75) is 13.2 Å². The number of fused-ring (bicyclic) bond motifs is 1. The largest absolute Gasteiger partial charge is 0.392 e. The quantitative estimate of drug-likeness (QED) is 0.746. The zero-order valence-electron chi connectivity index (χ0n) is 7.64. The van der Waals surface area contributed by atoms with Gasteiger partial charge in [0.05, 0.1) is 13.2 Å². The minimum absolute atomic E-state index is 0.0475. The van der Waals surface area contributed by atoms with Gasteiger partial charge in [-0.15, -0.1) is 0 Å². The zero-order valence-corrected chi connectivity index (χ0v) is 7.64. The normalized spacial score (nSPS) is 10.7. The molecule has 2 rings (SSSR count). The van der Waals surface area contributed by atoms with Gasteiger partial charge in [-0.25, -0.2) is 0 Å². The molecule has 0 amide bonds. The third-order valence-corrected chi connectivity index (χ3v) is 2.30. The van der Waals surface area contributed by atoms with Gasteiger partial charge >= 0.3 is 0 Å². The van der Waals surface area contributed by atoms with Gasteiger partial charge < -0.3 is 10.2 Å². The lowest BCUT2D eigenvalue weighted by atomic mass is 10.0. The number of rotatable bonds is 2. The van der Waals surface area contributed by atoms with E-state index in [1.165, 1.54) is 0 Å². The summed E-state index contributed by atoms with van der Waals surface area (Å²) in [5.41, 5.74) is 1.53. The smallest absolute Gasteiger partial charge is 0.0685 e. The van der Waals surface area contributed by atoms with Crippen molar-refractivity contribution in [2.75, 3.05) is 0 Å². The fraction of sp³-hybridized carbons (Fsp3) is 0.182. The van der Waals surface area contributed by atoms with Crippen molar-refractivity contribution in [1.82, 2.24) is 4.98 Å². The van der Waals surface area contributed by atoms with Crippen LogP contribution in [0.15, 0.2) is 30.6 Å². The highest BCUT2D eigenvalue weighted by molar-refractivity contribution is 5.83. The van der Waals surface area contributed by atoms with Crippen LogP contribution in [-0.2, 0) is 13.2 Å². The molecule has 1 aromatic heterocycles. The van der Waals surface area contributed by atoms with E-state index in [9.17, 15) is 0 Å². The molecule has 3 heteroatoms. The van der Waals surface area contributed by atoms with Crippen LogP contribution >= 0.6 is 0 Å². The predicted octanol–water partition coefficient (Wildman–Crippen LogP) is 1.22. The molecule has 0 atom stereocenters. The van der Waals surface area contributed by atoms with Gasteiger partial charge in [0.25, 0.3) is 0 Å². The Morgan fingerprint density at radius 1 is 1.00 bits per heavy atom. The molecule has 0 unspecified atom stereocenters. The van der Waals surface area contributed by atoms with Crippen LogP contribution in [0.25, 0.3) is 10.8 Å². The molecule has 72 valence electrons. The lowest BCUT2D eigenvalue weighted by Gasteiger charge is -2.06. The highest BCUT2D eigenvalue weighted by Crippen LogP contribution is 2.19. The minimum Gasteiger partial charge on any atom is -0.392 e. The highest BCUT2D eigenvalue weighted by Gasteiger charge is 2.02. The molecule has 0 bridgehead atoms. The fourth-order valence-corrected chi connectivity index (χ4v) is 1.52. The Kier molecular flexibility index (Phi) is 2.43. The Balaban J connectivity index is 2.69. The standard InChI is InChI=1S/C11H11NO2/c13-6-10-3-8-1-2-12-5-9(8)4-11(10)7-14/h1-5,13-14H,6-7H2. The molecule has 1 heterocycles. The first-order chi connectivity index (χ1) is 6.85. The van der Waals surface area contributed by atoms with Crippen molar-refractivity contribution in [1.29, 1.82) is 0 Å². The van der Waals surface area contributed by atoms with Gasteiger partial charge in [0.15, 0.2) is 0 Å². The van der Waals surface area contributed by atoms with Crippen LogP contribution < -0.4 is 0 Å². The molecular formula is C11H11NO2. The maximum Gasteiger partial charge on any atom is 0.0685 e. The van der Waals surface area contributed by atoms with Crippen LogP contribution in [0.2, 0.25) is 0 Å². The second-order valence-corrected chi connectivity index (χ2v) is 3.16. The second-order valence-electron chi connectivity index (χ2n) is 3.16. The van der Waals surface area contributed by atoms with Crippen LogP contribution in [0, 0.1) is 0 Å². The maximum absolute atomic E-state index is 9.08. The number of benzene rings is 1. The SMILES string of the molecule is OCc1cc2ccncc2cc1CO. The van der Waals surface area contributed by atoms with E-state index in [0.29, 0.717) is 0 Å². The molecule has 0 saturated heterocycles. The van der Waals surface area contributed by atoms with Gasteiger partial charge in [0.1, 0.15) is 0 Å². The lowest BCUT2D eigenvalue weighted by molar-refractivity contribution is 0.260. The summed E-state index contributed by atoms with van der Waals surface area (Å²) in [4.78, 5) is 4.00. The van der Waals surface area contributed by atoms with Gasteiger partial charge in [0.2, 0.25) is 0 Å². The van der Waals surface area contributed by atoms with Crippen molar-refractivity contribution in [3.05, 3.63) is 41.7 Å². The monoisotopic (exact) mass is 189 g/mol. The molecule has 2 aromatic rings. The summed E-state index contributed by atoms with van der Waals surface area (Å²) < 4.78 is 0. The van der Waals surface area contributed by atoms with Crippen LogP contribution in [0.3, 0.4) is 0 Å². The predicted molar refractivity (Wildman–Crippen MR) is 53.6 cm³/mol. The number of aliphatic hydroxyl groups is 2. The summed E-state index contributed by atoms with van der Waals surface area (Å²) in [6.45, 7) is -0.102. The average Bonchev–Trinajstić information content (AvgIpc) is 2.27. The van der Waals surface area contributed by atoms with Crippen LogP contribution in [0.1, 0.15) is 11.1 Å². The van der Waals surface area contributed by atoms with E-state index in [1.54, 1.807) is 12.4 Å².